The van der Waals surface area contributed by atoms with Gasteiger partial charge < -0.3 is 10.3 Å². The smallest absolute Gasteiger partial charge is 0.259 e. The van der Waals surface area contributed by atoms with Crippen molar-refractivity contribution >= 4 is 39.2 Å². The van der Waals surface area contributed by atoms with Crippen LogP contribution in [0, 0.1) is 0 Å². The quantitative estimate of drug-likeness (QED) is 0.645. The Balaban J connectivity index is 1.39. The van der Waals surface area contributed by atoms with E-state index in [0.29, 0.717) is 18.1 Å². The molecule has 1 aliphatic rings. The number of fused-ring (bicyclic) bond motifs is 3. The number of nitrogens with zero attached hydrogens (tertiary/aromatic N) is 1. The van der Waals surface area contributed by atoms with Crippen LogP contribution in [0.3, 0.4) is 0 Å². The van der Waals surface area contributed by atoms with Crippen LogP contribution in [-0.4, -0.2) is 21.1 Å². The molecule has 5 nitrogen and oxygen atoms in total. The first kappa shape index (κ1) is 19.2. The van der Waals surface area contributed by atoms with Crippen molar-refractivity contribution < 1.29 is 4.79 Å². The fourth-order valence-electron chi connectivity index (χ4n) is 3.49. The Morgan fingerprint density at radius 1 is 1.29 bits per heavy atom. The van der Waals surface area contributed by atoms with E-state index in [1.54, 1.807) is 11.3 Å². The second kappa shape index (κ2) is 8.49. The monoisotopic (exact) mass is 413 g/mol. The number of thioether (sulfide) groups is 1. The molecule has 7 heteroatoms. The lowest BCUT2D eigenvalue weighted by atomic mass is 9.97. The van der Waals surface area contributed by atoms with Gasteiger partial charge in [-0.1, -0.05) is 30.3 Å². The predicted octanol–water partition coefficient (Wildman–Crippen LogP) is 3.80. The lowest BCUT2D eigenvalue weighted by Gasteiger charge is -2.12. The number of rotatable bonds is 6. The summed E-state index contributed by atoms with van der Waals surface area (Å²) in [5.41, 5.74) is 2.24. The maximum absolute atomic E-state index is 12.6. The molecule has 2 aromatic heterocycles. The van der Waals surface area contributed by atoms with Gasteiger partial charge in [0.05, 0.1) is 16.4 Å². The van der Waals surface area contributed by atoms with Gasteiger partial charge in [0.2, 0.25) is 5.91 Å². The zero-order valence-corrected chi connectivity index (χ0v) is 17.4. The molecule has 146 valence electrons. The Bertz CT molecular complexity index is 1040. The van der Waals surface area contributed by atoms with Gasteiger partial charge in [0.1, 0.15) is 10.7 Å². The summed E-state index contributed by atoms with van der Waals surface area (Å²) in [6, 6.07) is 9.85. The molecule has 0 aliphatic heterocycles. The molecule has 1 amide bonds. The number of aromatic nitrogens is 2. The molecule has 28 heavy (non-hydrogen) atoms. The van der Waals surface area contributed by atoms with Gasteiger partial charge in [-0.3, -0.25) is 9.59 Å². The van der Waals surface area contributed by atoms with Gasteiger partial charge in [-0.25, -0.2) is 4.98 Å². The molecule has 0 fully saturated rings. The minimum Gasteiger partial charge on any atom is -0.351 e. The van der Waals surface area contributed by atoms with Crippen molar-refractivity contribution in [3.8, 4) is 0 Å². The van der Waals surface area contributed by atoms with Gasteiger partial charge in [0.25, 0.3) is 5.56 Å². The number of hydrogen-bond donors (Lipinski definition) is 2. The van der Waals surface area contributed by atoms with E-state index in [4.69, 9.17) is 0 Å². The van der Waals surface area contributed by atoms with Gasteiger partial charge >= 0.3 is 0 Å². The normalized spacial score (nSPS) is 14.6. The lowest BCUT2D eigenvalue weighted by Crippen LogP contribution is -2.30. The van der Waals surface area contributed by atoms with Gasteiger partial charge in [-0.05, 0) is 43.7 Å². The highest BCUT2D eigenvalue weighted by Gasteiger charge is 2.20. The highest BCUT2D eigenvalue weighted by Crippen LogP contribution is 2.33. The second-order valence-electron chi connectivity index (χ2n) is 7.06. The number of benzene rings is 1. The zero-order chi connectivity index (χ0) is 19.5. The van der Waals surface area contributed by atoms with E-state index in [2.05, 4.69) is 15.3 Å². The predicted molar refractivity (Wildman–Crippen MR) is 116 cm³/mol. The number of nitrogens with one attached hydrogen (secondary N) is 2. The Morgan fingerprint density at radius 3 is 2.89 bits per heavy atom. The molecule has 0 bridgehead atoms. The Labute approximate surface area is 172 Å². The molecule has 3 aromatic rings. The summed E-state index contributed by atoms with van der Waals surface area (Å²) in [5, 5.41) is 3.52. The molecule has 0 unspecified atom stereocenters. The van der Waals surface area contributed by atoms with Crippen LogP contribution in [0.4, 0.5) is 0 Å². The summed E-state index contributed by atoms with van der Waals surface area (Å²) in [5.74, 6) is 1.14. The summed E-state index contributed by atoms with van der Waals surface area (Å²) in [6.45, 7) is 2.40. The van der Waals surface area contributed by atoms with Crippen LogP contribution in [0.25, 0.3) is 10.2 Å². The minimum absolute atomic E-state index is 0.0103. The Kier molecular flexibility index (Phi) is 5.82. The third-order valence-corrected chi connectivity index (χ3v) is 7.36. The summed E-state index contributed by atoms with van der Waals surface area (Å²) < 4.78 is 0. The maximum atomic E-state index is 12.6. The number of carbonyl (C=O) groups excluding carboxylic acids is 1. The summed E-state index contributed by atoms with van der Waals surface area (Å²) >= 11 is 3.14. The van der Waals surface area contributed by atoms with Crippen LogP contribution in [0.1, 0.15) is 41.6 Å². The van der Waals surface area contributed by atoms with Crippen molar-refractivity contribution in [2.24, 2.45) is 0 Å². The topological polar surface area (TPSA) is 74.8 Å². The van der Waals surface area contributed by atoms with E-state index in [-0.39, 0.29) is 16.7 Å². The van der Waals surface area contributed by atoms with Crippen LogP contribution in [0.15, 0.2) is 35.1 Å². The zero-order valence-electron chi connectivity index (χ0n) is 15.8. The van der Waals surface area contributed by atoms with Crippen molar-refractivity contribution in [3.05, 3.63) is 62.5 Å². The van der Waals surface area contributed by atoms with Crippen LogP contribution in [0.2, 0.25) is 0 Å². The number of carbonyl (C=O) groups is 1. The highest BCUT2D eigenvalue weighted by atomic mass is 32.2. The van der Waals surface area contributed by atoms with Crippen molar-refractivity contribution in [3.63, 3.8) is 0 Å². The van der Waals surface area contributed by atoms with Crippen molar-refractivity contribution in [1.82, 2.24) is 15.3 Å². The van der Waals surface area contributed by atoms with Crippen LogP contribution >= 0.6 is 23.1 Å². The molecule has 2 N–H and O–H groups in total. The third kappa shape index (κ3) is 4.15. The molecular formula is C21H23N3O2S2. The largest absolute Gasteiger partial charge is 0.351 e. The molecule has 4 rings (SSSR count). The van der Waals surface area contributed by atoms with E-state index < -0.39 is 0 Å². The van der Waals surface area contributed by atoms with Crippen molar-refractivity contribution in [2.45, 2.75) is 50.2 Å². The molecule has 1 atom stereocenters. The second-order valence-corrected chi connectivity index (χ2v) is 9.47. The van der Waals surface area contributed by atoms with Crippen molar-refractivity contribution in [2.75, 3.05) is 0 Å². The maximum Gasteiger partial charge on any atom is 0.259 e. The fourth-order valence-corrected chi connectivity index (χ4v) is 5.55. The summed E-state index contributed by atoms with van der Waals surface area (Å²) in [4.78, 5) is 34.7. The average molecular weight is 414 g/mol. The number of thiophene rings is 1. The van der Waals surface area contributed by atoms with Gasteiger partial charge in [-0.2, -0.15) is 0 Å². The molecule has 2 heterocycles. The number of aromatic amines is 1. The SMILES string of the molecule is C[C@@H](SCc1nc2sc3c(c2c(=O)[nH]1)CCCC3)C(=O)NCc1ccccc1. The third-order valence-electron chi connectivity index (χ3n) is 5.02. The number of H-pyrrole nitrogens is 1. The number of aryl methyl sites for hydroxylation is 2. The first-order valence-electron chi connectivity index (χ1n) is 9.58. The highest BCUT2D eigenvalue weighted by molar-refractivity contribution is 7.99. The Hall–Kier alpha value is -2.12. The molecule has 1 aliphatic carbocycles. The molecule has 0 spiro atoms. The number of amides is 1. The molecule has 0 saturated carbocycles. The van der Waals surface area contributed by atoms with Gasteiger partial charge in [0.15, 0.2) is 0 Å². The Morgan fingerprint density at radius 2 is 2.07 bits per heavy atom. The first-order chi connectivity index (χ1) is 13.6. The van der Waals surface area contributed by atoms with E-state index in [1.807, 2.05) is 37.3 Å². The van der Waals surface area contributed by atoms with Crippen molar-refractivity contribution in [1.29, 1.82) is 0 Å². The van der Waals surface area contributed by atoms with E-state index >= 15 is 0 Å². The molecule has 1 aromatic carbocycles. The van der Waals surface area contributed by atoms with Gasteiger partial charge in [0, 0.05) is 11.4 Å². The average Bonchev–Trinajstić information content (AvgIpc) is 3.09. The van der Waals surface area contributed by atoms with Crippen LogP contribution in [0.5, 0.6) is 0 Å². The molecule has 0 saturated heterocycles. The molecule has 0 radical (unpaired) electrons. The summed E-state index contributed by atoms with van der Waals surface area (Å²) in [6.07, 6.45) is 4.37. The lowest BCUT2D eigenvalue weighted by molar-refractivity contribution is -0.120. The van der Waals surface area contributed by atoms with Crippen LogP contribution < -0.4 is 10.9 Å². The van der Waals surface area contributed by atoms with Crippen LogP contribution in [-0.2, 0) is 29.9 Å². The van der Waals surface area contributed by atoms with E-state index in [9.17, 15) is 9.59 Å². The fraction of sp³-hybridized carbons (Fsp3) is 0.381. The molecular weight excluding hydrogens is 390 g/mol. The van der Waals surface area contributed by atoms with E-state index in [1.165, 1.54) is 28.6 Å². The number of hydrogen-bond acceptors (Lipinski definition) is 5. The first-order valence-corrected chi connectivity index (χ1v) is 11.4. The van der Waals surface area contributed by atoms with E-state index in [0.717, 1.165) is 35.0 Å². The summed E-state index contributed by atoms with van der Waals surface area (Å²) in [7, 11) is 0. The minimum atomic E-state index is -0.221. The standard InChI is InChI=1S/C21H23N3O2S2/c1-13(19(25)22-11-14-7-3-2-4-8-14)27-12-17-23-20(26)18-15-9-5-6-10-16(15)28-21(18)24-17/h2-4,7-8,13H,5-6,9-12H2,1H3,(H,22,25)(H,23,24,26)/t13-/m1/s1. The van der Waals surface area contributed by atoms with Gasteiger partial charge in [-0.15, -0.1) is 23.1 Å².